The number of hydrogen-bond acceptors (Lipinski definition) is 2. The molecule has 0 aliphatic carbocycles. The largest absolute Gasteiger partial charge is 0.328 e. The predicted molar refractivity (Wildman–Crippen MR) is 68.3 cm³/mol. The molecule has 0 fully saturated rings. The normalized spacial score (nSPS) is 12.7. The molecular weight excluding hydrogens is 266 g/mol. The molecule has 0 bridgehead atoms. The lowest BCUT2D eigenvalue weighted by Gasteiger charge is -2.15. The average molecular weight is 280 g/mol. The number of hydrogen-bond donors (Lipinski definition) is 1. The number of aryl methyl sites for hydroxylation is 1. The Morgan fingerprint density at radius 2 is 2.06 bits per heavy atom. The van der Waals surface area contributed by atoms with Gasteiger partial charge in [0.25, 0.3) is 0 Å². The van der Waals surface area contributed by atoms with E-state index < -0.39 is 0 Å². The maximum Gasteiger partial charge on any atom is 0.0890 e. The summed E-state index contributed by atoms with van der Waals surface area (Å²) in [5.41, 5.74) is 8.14. The van der Waals surface area contributed by atoms with Crippen molar-refractivity contribution < 1.29 is 0 Å². The fourth-order valence-corrected chi connectivity index (χ4v) is 1.95. The van der Waals surface area contributed by atoms with Crippen LogP contribution in [0.4, 0.5) is 0 Å². The van der Waals surface area contributed by atoms with E-state index in [0.29, 0.717) is 6.54 Å². The van der Waals surface area contributed by atoms with Crippen molar-refractivity contribution in [3.8, 4) is 0 Å². The Labute approximate surface area is 103 Å². The average Bonchev–Trinajstić information content (AvgIpc) is 2.69. The van der Waals surface area contributed by atoms with Crippen LogP contribution < -0.4 is 5.73 Å². The summed E-state index contributed by atoms with van der Waals surface area (Å²) in [6.07, 6.45) is 3.86. The van der Waals surface area contributed by atoms with Gasteiger partial charge in [0.15, 0.2) is 0 Å². The lowest BCUT2D eigenvalue weighted by atomic mass is 10.1. The van der Waals surface area contributed by atoms with Crippen molar-refractivity contribution in [2.75, 3.05) is 6.54 Å². The van der Waals surface area contributed by atoms with Crippen molar-refractivity contribution in [1.29, 1.82) is 0 Å². The summed E-state index contributed by atoms with van der Waals surface area (Å²) in [6.45, 7) is 2.57. The predicted octanol–water partition coefficient (Wildman–Crippen LogP) is 2.50. The maximum absolute atomic E-state index is 5.81. The third-order valence-corrected chi connectivity index (χ3v) is 3.06. The van der Waals surface area contributed by atoms with Crippen molar-refractivity contribution in [2.24, 2.45) is 5.73 Å². The van der Waals surface area contributed by atoms with E-state index >= 15 is 0 Å². The number of nitrogens with zero attached hydrogens (tertiary/aromatic N) is 2. The Balaban J connectivity index is 2.32. The molecule has 1 unspecified atom stereocenters. The maximum atomic E-state index is 5.81. The highest BCUT2D eigenvalue weighted by Crippen LogP contribution is 2.19. The van der Waals surface area contributed by atoms with Gasteiger partial charge in [-0.05, 0) is 30.2 Å². The van der Waals surface area contributed by atoms with E-state index in [1.54, 1.807) is 0 Å². The van der Waals surface area contributed by atoms with Gasteiger partial charge in [-0.3, -0.25) is 4.68 Å². The standard InChI is InChI=1S/C12H14BrN3/c1-9-7-15-16(8-9)12(6-14)10-2-4-11(13)5-3-10/h2-5,7-8,12H,6,14H2,1H3. The van der Waals surface area contributed by atoms with E-state index in [0.717, 1.165) is 10.0 Å². The molecule has 0 spiro atoms. The molecule has 16 heavy (non-hydrogen) atoms. The first kappa shape index (κ1) is 11.4. The zero-order valence-electron chi connectivity index (χ0n) is 9.10. The van der Waals surface area contributed by atoms with Gasteiger partial charge in [-0.15, -0.1) is 0 Å². The highest BCUT2D eigenvalue weighted by molar-refractivity contribution is 9.10. The van der Waals surface area contributed by atoms with Crippen LogP contribution in [0.2, 0.25) is 0 Å². The Bertz CT molecular complexity index is 461. The first-order chi connectivity index (χ1) is 7.70. The molecule has 0 amide bonds. The molecule has 0 radical (unpaired) electrons. The number of benzene rings is 1. The highest BCUT2D eigenvalue weighted by atomic mass is 79.9. The first-order valence-electron chi connectivity index (χ1n) is 5.17. The minimum atomic E-state index is 0.113. The number of aromatic nitrogens is 2. The quantitative estimate of drug-likeness (QED) is 0.938. The van der Waals surface area contributed by atoms with E-state index in [4.69, 9.17) is 5.73 Å². The second-order valence-corrected chi connectivity index (χ2v) is 4.72. The van der Waals surface area contributed by atoms with Gasteiger partial charge in [0.1, 0.15) is 0 Å². The van der Waals surface area contributed by atoms with Crippen LogP contribution in [0.1, 0.15) is 17.2 Å². The van der Waals surface area contributed by atoms with Crippen LogP contribution in [-0.2, 0) is 0 Å². The minimum Gasteiger partial charge on any atom is -0.328 e. The number of nitrogens with two attached hydrogens (primary N) is 1. The molecular formula is C12H14BrN3. The summed E-state index contributed by atoms with van der Waals surface area (Å²) in [5, 5.41) is 4.31. The van der Waals surface area contributed by atoms with Gasteiger partial charge in [-0.25, -0.2) is 0 Å². The van der Waals surface area contributed by atoms with Gasteiger partial charge in [-0.1, -0.05) is 28.1 Å². The molecule has 84 valence electrons. The molecule has 1 aromatic carbocycles. The molecule has 2 N–H and O–H groups in total. The monoisotopic (exact) mass is 279 g/mol. The van der Waals surface area contributed by atoms with Crippen molar-refractivity contribution in [3.63, 3.8) is 0 Å². The Morgan fingerprint density at radius 3 is 2.56 bits per heavy atom. The molecule has 0 aliphatic rings. The van der Waals surface area contributed by atoms with Crippen LogP contribution in [0.3, 0.4) is 0 Å². The molecule has 2 rings (SSSR count). The van der Waals surface area contributed by atoms with E-state index in [9.17, 15) is 0 Å². The summed E-state index contributed by atoms with van der Waals surface area (Å²) in [5.74, 6) is 0. The van der Waals surface area contributed by atoms with E-state index in [1.807, 2.05) is 36.1 Å². The molecule has 4 heteroatoms. The third-order valence-electron chi connectivity index (χ3n) is 2.53. The summed E-state index contributed by atoms with van der Waals surface area (Å²) in [6, 6.07) is 8.29. The van der Waals surface area contributed by atoms with Crippen LogP contribution >= 0.6 is 15.9 Å². The second kappa shape index (κ2) is 4.80. The van der Waals surface area contributed by atoms with Crippen LogP contribution in [0.15, 0.2) is 41.1 Å². The van der Waals surface area contributed by atoms with Crippen LogP contribution in [0.25, 0.3) is 0 Å². The third kappa shape index (κ3) is 2.33. The van der Waals surface area contributed by atoms with Crippen molar-refractivity contribution in [1.82, 2.24) is 9.78 Å². The highest BCUT2D eigenvalue weighted by Gasteiger charge is 2.12. The SMILES string of the molecule is Cc1cnn(C(CN)c2ccc(Br)cc2)c1. The summed E-state index contributed by atoms with van der Waals surface area (Å²) in [7, 11) is 0. The molecule has 3 nitrogen and oxygen atoms in total. The van der Waals surface area contributed by atoms with Gasteiger partial charge in [0.05, 0.1) is 12.2 Å². The zero-order valence-corrected chi connectivity index (χ0v) is 10.7. The molecule has 1 heterocycles. The Kier molecular flexibility index (Phi) is 3.41. The molecule has 0 aliphatic heterocycles. The van der Waals surface area contributed by atoms with Gasteiger partial charge in [0.2, 0.25) is 0 Å². The van der Waals surface area contributed by atoms with Gasteiger partial charge >= 0.3 is 0 Å². The second-order valence-electron chi connectivity index (χ2n) is 3.80. The Hall–Kier alpha value is -1.13. The van der Waals surface area contributed by atoms with Crippen LogP contribution in [0, 0.1) is 6.92 Å². The van der Waals surface area contributed by atoms with Crippen LogP contribution in [0.5, 0.6) is 0 Å². The molecule has 0 saturated heterocycles. The van der Waals surface area contributed by atoms with E-state index in [1.165, 1.54) is 5.56 Å². The summed E-state index contributed by atoms with van der Waals surface area (Å²) in [4.78, 5) is 0. The van der Waals surface area contributed by atoms with E-state index in [2.05, 4.69) is 33.2 Å². The van der Waals surface area contributed by atoms with Crippen molar-refractivity contribution in [2.45, 2.75) is 13.0 Å². The summed E-state index contributed by atoms with van der Waals surface area (Å²) >= 11 is 3.42. The Morgan fingerprint density at radius 1 is 1.38 bits per heavy atom. The fourth-order valence-electron chi connectivity index (χ4n) is 1.69. The molecule has 1 aromatic heterocycles. The minimum absolute atomic E-state index is 0.113. The van der Waals surface area contributed by atoms with Crippen molar-refractivity contribution >= 4 is 15.9 Å². The number of rotatable bonds is 3. The van der Waals surface area contributed by atoms with Crippen molar-refractivity contribution in [3.05, 3.63) is 52.3 Å². The smallest absolute Gasteiger partial charge is 0.0890 e. The van der Waals surface area contributed by atoms with Gasteiger partial charge in [0, 0.05) is 17.2 Å². The lowest BCUT2D eigenvalue weighted by molar-refractivity contribution is 0.531. The van der Waals surface area contributed by atoms with Gasteiger partial charge in [-0.2, -0.15) is 5.10 Å². The molecule has 2 aromatic rings. The topological polar surface area (TPSA) is 43.8 Å². The zero-order chi connectivity index (χ0) is 11.5. The summed E-state index contributed by atoms with van der Waals surface area (Å²) < 4.78 is 2.99. The van der Waals surface area contributed by atoms with E-state index in [-0.39, 0.29) is 6.04 Å². The fraction of sp³-hybridized carbons (Fsp3) is 0.250. The molecule has 0 saturated carbocycles. The number of halogens is 1. The molecule has 1 atom stereocenters. The van der Waals surface area contributed by atoms with Gasteiger partial charge < -0.3 is 5.73 Å². The first-order valence-corrected chi connectivity index (χ1v) is 5.96. The lowest BCUT2D eigenvalue weighted by Crippen LogP contribution is -2.20. The van der Waals surface area contributed by atoms with Crippen LogP contribution in [-0.4, -0.2) is 16.3 Å².